The summed E-state index contributed by atoms with van der Waals surface area (Å²) in [6, 6.07) is 107. The lowest BCUT2D eigenvalue weighted by Gasteiger charge is -2.47. The van der Waals surface area contributed by atoms with E-state index in [1.54, 1.807) is 21.9 Å². The Morgan fingerprint density at radius 2 is 0.461 bits per heavy atom. The molecule has 22 heteroatoms. The SMILES string of the molecule is Fc1cccc(F)c1N1c2cc3c(cc2B2c4sc5ccccc5c4Oc4cc(N(c5ccccc5)c5ccccc5)cc1c42)B1c2cc4c(cc2N(c2c(F)cccc2F)c2cc(N(c5ccccc5)c5ccccc5)cc(c21)N3c1c(F)cccc1F)N(c1c(F)cccc1F)c1cc(N(c2ccccc2)c2ccccc2)cc2c1B4c1sc3ccccc3c1O2. The molecular weight excluding hydrogens is 1650 g/mol. The molecule has 8 heterocycles. The fourth-order valence-electron chi connectivity index (χ4n) is 20.2. The minimum Gasteiger partial charge on any atom is -0.457 e. The van der Waals surface area contributed by atoms with Gasteiger partial charge in [-0.15, -0.1) is 22.7 Å². The van der Waals surface area contributed by atoms with Crippen molar-refractivity contribution >= 4 is 230 Å². The molecule has 17 aromatic carbocycles. The summed E-state index contributed by atoms with van der Waals surface area (Å²) in [4.78, 5) is 12.2. The molecule has 608 valence electrons. The third kappa shape index (κ3) is 11.3. The number of nitrogens with zero attached hydrogens (tertiary/aromatic N) is 7. The van der Waals surface area contributed by atoms with E-state index in [4.69, 9.17) is 9.47 Å². The van der Waals surface area contributed by atoms with E-state index in [0.717, 1.165) is 76.7 Å². The van der Waals surface area contributed by atoms with Crippen LogP contribution in [0.5, 0.6) is 23.0 Å². The van der Waals surface area contributed by atoms with Gasteiger partial charge in [0.1, 0.15) is 92.3 Å². The smallest absolute Gasteiger partial charge is 0.268 e. The van der Waals surface area contributed by atoms with E-state index in [1.165, 1.54) is 81.0 Å². The lowest BCUT2D eigenvalue weighted by atomic mass is 9.30. The summed E-state index contributed by atoms with van der Waals surface area (Å²) in [6.45, 7) is -2.91. The molecule has 0 bridgehead atoms. The molecule has 128 heavy (non-hydrogen) atoms. The fraction of sp³-hybridized carbons (Fsp3) is 0. The zero-order chi connectivity index (χ0) is 85.6. The maximum Gasteiger partial charge on any atom is 0.268 e. The van der Waals surface area contributed by atoms with Gasteiger partial charge in [0.2, 0.25) is 0 Å². The maximum atomic E-state index is 18.7. The van der Waals surface area contributed by atoms with Crippen molar-refractivity contribution in [3.05, 3.63) is 411 Å². The predicted molar refractivity (Wildman–Crippen MR) is 507 cm³/mol. The van der Waals surface area contributed by atoms with Crippen molar-refractivity contribution in [2.24, 2.45) is 0 Å². The van der Waals surface area contributed by atoms with E-state index in [9.17, 15) is 0 Å². The van der Waals surface area contributed by atoms with Gasteiger partial charge in [0.05, 0.1) is 17.1 Å². The second-order valence-corrected chi connectivity index (χ2v) is 34.5. The van der Waals surface area contributed by atoms with Crippen LogP contribution >= 0.6 is 22.7 Å². The quantitative estimate of drug-likeness (QED) is 0.0829. The van der Waals surface area contributed by atoms with Gasteiger partial charge in [-0.2, -0.15) is 0 Å². The van der Waals surface area contributed by atoms with Gasteiger partial charge in [0.15, 0.2) is 0 Å². The zero-order valence-electron chi connectivity index (χ0n) is 67.2. The van der Waals surface area contributed by atoms with Crippen LogP contribution in [-0.4, -0.2) is 20.1 Å². The summed E-state index contributed by atoms with van der Waals surface area (Å²) in [5.74, 6) is -6.02. The number of benzene rings is 17. The molecule has 0 saturated carbocycles. The Bertz CT molecular complexity index is 7250. The van der Waals surface area contributed by atoms with E-state index in [2.05, 4.69) is 0 Å². The van der Waals surface area contributed by atoms with Crippen molar-refractivity contribution in [2.75, 3.05) is 34.3 Å². The normalized spacial score (nSPS) is 13.2. The summed E-state index contributed by atoms with van der Waals surface area (Å²) in [5, 5.41) is 1.59. The lowest BCUT2D eigenvalue weighted by Crippen LogP contribution is -2.66. The van der Waals surface area contributed by atoms with Gasteiger partial charge < -0.3 is 43.8 Å². The molecule has 6 aliphatic heterocycles. The van der Waals surface area contributed by atoms with Gasteiger partial charge in [0.25, 0.3) is 20.1 Å². The van der Waals surface area contributed by atoms with Gasteiger partial charge in [-0.25, -0.2) is 35.1 Å². The highest BCUT2D eigenvalue weighted by molar-refractivity contribution is 7.34. The highest BCUT2D eigenvalue weighted by Gasteiger charge is 2.54. The van der Waals surface area contributed by atoms with E-state index in [-0.39, 0.29) is 34.1 Å². The zero-order valence-corrected chi connectivity index (χ0v) is 68.8. The first-order chi connectivity index (χ1) is 62.8. The predicted octanol–water partition coefficient (Wildman–Crippen LogP) is 24.5. The number of hydrogen-bond donors (Lipinski definition) is 0. The van der Waals surface area contributed by atoms with Crippen molar-refractivity contribution in [2.45, 2.75) is 0 Å². The Labute approximate surface area is 737 Å². The topological polar surface area (TPSA) is 41.1 Å². The minimum absolute atomic E-state index is 0.124. The summed E-state index contributed by atoms with van der Waals surface area (Å²) in [7, 11) is 0. The second-order valence-electron chi connectivity index (χ2n) is 32.3. The first kappa shape index (κ1) is 75.1. The third-order valence-corrected chi connectivity index (χ3v) is 27.8. The van der Waals surface area contributed by atoms with Crippen LogP contribution < -0.4 is 91.6 Å². The van der Waals surface area contributed by atoms with Gasteiger partial charge >= 0.3 is 0 Å². The number of hydrogen-bond acceptors (Lipinski definition) is 11. The Morgan fingerprint density at radius 3 is 0.742 bits per heavy atom. The maximum absolute atomic E-state index is 18.7. The standard InChI is InChI=1S/C106H60B3F8N7O2S2/c110-76-41-23-42-77(111)99(76)121-84-59-86-74(108-97-90(123(86)101-80(114)45-25-46-81(101)115)53-68(119(63-31-11-3-12-32-63)64-33-13-4-14-34-64)55-92(97)125-103-70-39-19-21-49-94(70)127-105(103)108)57-72(84)107-73-58-75-87(60-85(73)122(100-78(112)43-24-44-79(100)113)89-52-67(51-88(121)96(89)107)118(61-27-7-1-8-28-61)62-29-9-2-10-30-62)124(102-82(116)47-26-48-83(102)117)91-54-69(120(65-35-15-5-16-36-65)66-37-17-6-18-38-66)56-93-98(91)109(75)106-104(126-93)71-40-20-22-50-95(71)128-106/h1-60H. The van der Waals surface area contributed by atoms with Crippen molar-refractivity contribution in [1.82, 2.24) is 0 Å². The molecule has 0 atom stereocenters. The number of rotatable bonds is 13. The van der Waals surface area contributed by atoms with Gasteiger partial charge in [-0.05, 0) is 220 Å². The monoisotopic (exact) mass is 1710 g/mol. The van der Waals surface area contributed by atoms with Crippen molar-refractivity contribution in [3.8, 4) is 23.0 Å². The van der Waals surface area contributed by atoms with Crippen LogP contribution in [-0.2, 0) is 0 Å². The highest BCUT2D eigenvalue weighted by atomic mass is 32.1. The molecule has 0 unspecified atom stereocenters. The fourth-order valence-corrected chi connectivity index (χ4v) is 22.7. The van der Waals surface area contributed by atoms with Crippen molar-refractivity contribution < 1.29 is 44.6 Å². The molecule has 0 amide bonds. The summed E-state index contributed by atoms with van der Waals surface area (Å²) in [5.41, 5.74) is 8.21. The summed E-state index contributed by atoms with van der Waals surface area (Å²) in [6.07, 6.45) is 0. The number of para-hydroxylation sites is 10. The largest absolute Gasteiger partial charge is 0.457 e. The summed E-state index contributed by atoms with van der Waals surface area (Å²) < 4.78 is 166. The highest BCUT2D eigenvalue weighted by Crippen LogP contribution is 2.57. The van der Waals surface area contributed by atoms with Crippen LogP contribution in [0.4, 0.5) is 155 Å². The van der Waals surface area contributed by atoms with Crippen LogP contribution in [0.2, 0.25) is 0 Å². The molecule has 25 rings (SSSR count). The molecule has 0 spiro atoms. The molecule has 0 aliphatic carbocycles. The third-order valence-electron chi connectivity index (χ3n) is 25.3. The average Bonchev–Trinajstić information content (AvgIpc) is 0.764. The van der Waals surface area contributed by atoms with E-state index < -0.39 is 89.4 Å². The van der Waals surface area contributed by atoms with Crippen molar-refractivity contribution in [1.29, 1.82) is 0 Å². The van der Waals surface area contributed by atoms with Crippen LogP contribution in [0, 0.1) is 46.5 Å². The molecule has 0 fully saturated rings. The number of halogens is 8. The summed E-state index contributed by atoms with van der Waals surface area (Å²) >= 11 is 3.00. The molecular formula is C106H60B3F8N7O2S2. The van der Waals surface area contributed by atoms with Gasteiger partial charge in [-0.1, -0.05) is 170 Å². The van der Waals surface area contributed by atoms with Crippen LogP contribution in [0.1, 0.15) is 0 Å². The Kier molecular flexibility index (Phi) is 17.0. The van der Waals surface area contributed by atoms with Crippen LogP contribution in [0.3, 0.4) is 0 Å². The number of anilines is 21. The second kappa shape index (κ2) is 29.0. The molecule has 19 aromatic rings. The molecule has 2 aromatic heterocycles. The van der Waals surface area contributed by atoms with E-state index in [0.29, 0.717) is 101 Å². The molecule has 0 N–H and O–H groups in total. The average molecular weight is 1710 g/mol. The molecule has 9 nitrogen and oxygen atoms in total. The van der Waals surface area contributed by atoms with Gasteiger partial charge in [-0.3, -0.25) is 0 Å². The van der Waals surface area contributed by atoms with Gasteiger partial charge in [0, 0.05) is 121 Å². The molecule has 6 aliphatic rings. The number of ether oxygens (including phenoxy) is 2. The first-order valence-corrected chi connectivity index (χ1v) is 43.4. The number of thiophene rings is 2. The molecule has 0 saturated heterocycles. The van der Waals surface area contributed by atoms with Crippen molar-refractivity contribution in [3.63, 3.8) is 0 Å². The van der Waals surface area contributed by atoms with Crippen LogP contribution in [0.15, 0.2) is 364 Å². The number of fused-ring (bicyclic) bond motifs is 16. The Balaban J connectivity index is 0.848. The van der Waals surface area contributed by atoms with E-state index in [1.807, 2.05) is 294 Å². The van der Waals surface area contributed by atoms with Crippen LogP contribution in [0.25, 0.3) is 20.2 Å². The first-order valence-electron chi connectivity index (χ1n) is 41.8. The Hall–Kier alpha value is -15.5. The van der Waals surface area contributed by atoms with E-state index >= 15 is 35.1 Å². The minimum atomic E-state index is -1.20. The molecule has 0 radical (unpaired) electrons. The Morgan fingerprint density at radius 1 is 0.219 bits per heavy atom. The lowest BCUT2D eigenvalue weighted by molar-refractivity contribution is 0.494.